The van der Waals surface area contributed by atoms with Crippen LogP contribution in [0.1, 0.15) is 32.6 Å². The SMILES string of the molecule is CN1CC2(C)C=C1C(N1CCCC3(CCCN3C(=O)CO)C1)=NCN2C. The van der Waals surface area contributed by atoms with Gasteiger partial charge < -0.3 is 19.8 Å². The molecule has 0 aliphatic carbocycles. The van der Waals surface area contributed by atoms with Crippen LogP contribution in [-0.2, 0) is 4.79 Å². The number of carbonyl (C=O) groups is 1. The van der Waals surface area contributed by atoms with E-state index >= 15 is 0 Å². The quantitative estimate of drug-likeness (QED) is 0.729. The summed E-state index contributed by atoms with van der Waals surface area (Å²) >= 11 is 0. The van der Waals surface area contributed by atoms with Crippen LogP contribution in [0.15, 0.2) is 16.8 Å². The summed E-state index contributed by atoms with van der Waals surface area (Å²) in [6.45, 7) is 6.12. The van der Waals surface area contributed by atoms with Crippen molar-refractivity contribution >= 4 is 11.7 Å². The van der Waals surface area contributed by atoms with Crippen molar-refractivity contribution < 1.29 is 9.90 Å². The topological polar surface area (TPSA) is 62.6 Å². The summed E-state index contributed by atoms with van der Waals surface area (Å²) in [5.74, 6) is 0.944. The number of amides is 1. The van der Waals surface area contributed by atoms with E-state index in [1.54, 1.807) is 0 Å². The van der Waals surface area contributed by atoms with E-state index in [4.69, 9.17) is 4.99 Å². The van der Waals surface area contributed by atoms with Gasteiger partial charge in [-0.15, -0.1) is 0 Å². The molecule has 4 aliphatic heterocycles. The molecule has 7 heteroatoms. The molecule has 1 N–H and O–H groups in total. The van der Waals surface area contributed by atoms with E-state index < -0.39 is 0 Å². The molecule has 0 aromatic rings. The van der Waals surface area contributed by atoms with Gasteiger partial charge in [0.1, 0.15) is 12.4 Å². The third-order valence-electron chi connectivity index (χ3n) is 6.84. The average molecular weight is 361 g/mol. The van der Waals surface area contributed by atoms with Gasteiger partial charge in [-0.1, -0.05) is 0 Å². The molecule has 2 fully saturated rings. The molecule has 7 nitrogen and oxygen atoms in total. The van der Waals surface area contributed by atoms with E-state index in [1.807, 2.05) is 4.90 Å². The normalized spacial score (nSPS) is 35.0. The molecule has 144 valence electrons. The van der Waals surface area contributed by atoms with Crippen LogP contribution in [0.2, 0.25) is 0 Å². The fourth-order valence-corrected chi connectivity index (χ4v) is 5.29. The Morgan fingerprint density at radius 2 is 1.96 bits per heavy atom. The first-order valence-corrected chi connectivity index (χ1v) is 9.75. The number of rotatable bonds is 1. The first kappa shape index (κ1) is 17.8. The number of aliphatic imine (C=N–C) groups is 1. The summed E-state index contributed by atoms with van der Waals surface area (Å²) in [6.07, 6.45) is 6.48. The van der Waals surface area contributed by atoms with Crippen molar-refractivity contribution in [3.8, 4) is 0 Å². The number of likely N-dealkylation sites (N-methyl/N-ethyl adjacent to an activating group) is 2. The van der Waals surface area contributed by atoms with E-state index in [-0.39, 0.29) is 23.6 Å². The minimum Gasteiger partial charge on any atom is -0.387 e. The lowest BCUT2D eigenvalue weighted by Crippen LogP contribution is -2.59. The molecule has 2 unspecified atom stereocenters. The van der Waals surface area contributed by atoms with Gasteiger partial charge >= 0.3 is 0 Å². The third-order valence-corrected chi connectivity index (χ3v) is 6.84. The van der Waals surface area contributed by atoms with E-state index in [1.165, 1.54) is 5.70 Å². The molecule has 2 bridgehead atoms. The molecule has 4 heterocycles. The van der Waals surface area contributed by atoms with Crippen LogP contribution in [0, 0.1) is 0 Å². The van der Waals surface area contributed by atoms with Crippen molar-refractivity contribution in [3.63, 3.8) is 0 Å². The lowest BCUT2D eigenvalue weighted by Gasteiger charge is -2.47. The van der Waals surface area contributed by atoms with Gasteiger partial charge in [0.25, 0.3) is 0 Å². The highest BCUT2D eigenvalue weighted by Gasteiger charge is 2.48. The number of likely N-dealkylation sites (tertiary alicyclic amines) is 2. The van der Waals surface area contributed by atoms with Gasteiger partial charge in [0.05, 0.1) is 23.4 Å². The Kier molecular flexibility index (Phi) is 4.27. The highest BCUT2D eigenvalue weighted by atomic mass is 16.3. The average Bonchev–Trinajstić information content (AvgIpc) is 3.12. The Morgan fingerprint density at radius 3 is 2.69 bits per heavy atom. The predicted octanol–water partition coefficient (Wildman–Crippen LogP) is 0.325. The Labute approximate surface area is 155 Å². The predicted molar refractivity (Wildman–Crippen MR) is 101 cm³/mol. The van der Waals surface area contributed by atoms with Crippen molar-refractivity contribution in [2.75, 3.05) is 53.5 Å². The molecular weight excluding hydrogens is 330 g/mol. The summed E-state index contributed by atoms with van der Waals surface area (Å²) in [5.41, 5.74) is 1.10. The van der Waals surface area contributed by atoms with E-state index in [0.717, 1.165) is 57.7 Å². The largest absolute Gasteiger partial charge is 0.387 e. The minimum atomic E-state index is -0.389. The van der Waals surface area contributed by atoms with Crippen molar-refractivity contribution in [1.82, 2.24) is 19.6 Å². The van der Waals surface area contributed by atoms with Crippen molar-refractivity contribution in [3.05, 3.63) is 11.8 Å². The number of piperidine rings is 1. The highest BCUT2D eigenvalue weighted by molar-refractivity contribution is 5.99. The van der Waals surface area contributed by atoms with E-state index in [0.29, 0.717) is 6.67 Å². The molecule has 2 atom stereocenters. The summed E-state index contributed by atoms with van der Waals surface area (Å²) < 4.78 is 0. The van der Waals surface area contributed by atoms with Gasteiger partial charge in [-0.25, -0.2) is 0 Å². The Bertz CT molecular complexity index is 662. The second-order valence-corrected chi connectivity index (χ2v) is 8.62. The smallest absolute Gasteiger partial charge is 0.248 e. The first-order chi connectivity index (χ1) is 12.4. The van der Waals surface area contributed by atoms with Crippen LogP contribution < -0.4 is 0 Å². The molecule has 1 spiro atoms. The minimum absolute atomic E-state index is 0.0229. The number of amidine groups is 1. The molecule has 0 aromatic carbocycles. The molecule has 4 rings (SSSR count). The molecule has 0 radical (unpaired) electrons. The second-order valence-electron chi connectivity index (χ2n) is 8.62. The number of hydrogen-bond acceptors (Lipinski definition) is 6. The van der Waals surface area contributed by atoms with Crippen LogP contribution in [0.5, 0.6) is 0 Å². The zero-order valence-corrected chi connectivity index (χ0v) is 16.2. The summed E-state index contributed by atoms with van der Waals surface area (Å²) in [6, 6.07) is 0. The van der Waals surface area contributed by atoms with Crippen LogP contribution in [0.4, 0.5) is 0 Å². The van der Waals surface area contributed by atoms with Gasteiger partial charge in [-0.3, -0.25) is 14.7 Å². The molecule has 4 aliphatic rings. The summed E-state index contributed by atoms with van der Waals surface area (Å²) in [5, 5.41) is 9.39. The van der Waals surface area contributed by atoms with Crippen molar-refractivity contribution in [1.29, 1.82) is 0 Å². The molecule has 2 saturated heterocycles. The van der Waals surface area contributed by atoms with Gasteiger partial charge in [-0.2, -0.15) is 0 Å². The van der Waals surface area contributed by atoms with Gasteiger partial charge in [0, 0.05) is 33.2 Å². The zero-order valence-electron chi connectivity index (χ0n) is 16.2. The number of nitrogens with zero attached hydrogens (tertiary/aromatic N) is 5. The lowest BCUT2D eigenvalue weighted by molar-refractivity contribution is -0.139. The number of carbonyl (C=O) groups excluding carboxylic acids is 1. The second kappa shape index (κ2) is 6.23. The molecule has 0 saturated carbocycles. The Hall–Kier alpha value is -1.60. The lowest BCUT2D eigenvalue weighted by atomic mass is 9.86. The number of fused-ring (bicyclic) bond motifs is 1. The first-order valence-electron chi connectivity index (χ1n) is 9.75. The van der Waals surface area contributed by atoms with Crippen LogP contribution in [-0.4, -0.2) is 101 Å². The summed E-state index contributed by atoms with van der Waals surface area (Å²) in [4.78, 5) is 26.2. The molecular formula is C19H31N5O2. The maximum atomic E-state index is 12.3. The van der Waals surface area contributed by atoms with Crippen molar-refractivity contribution in [2.45, 2.75) is 43.7 Å². The zero-order chi connectivity index (χ0) is 18.5. The number of aliphatic hydroxyl groups excluding tert-OH is 1. The van der Waals surface area contributed by atoms with E-state index in [2.05, 4.69) is 41.8 Å². The monoisotopic (exact) mass is 361 g/mol. The standard InChI is InChI=1S/C19H31N5O2/c1-18-10-15(21(2)12-18)17(20-14-22(18)3)23-8-4-6-19(13-23)7-5-9-24(19)16(26)11-25/h10,25H,4-9,11-14H2,1-3H3. The molecule has 26 heavy (non-hydrogen) atoms. The molecule has 1 amide bonds. The van der Waals surface area contributed by atoms with Gasteiger partial charge in [0.2, 0.25) is 5.91 Å². The fourth-order valence-electron chi connectivity index (χ4n) is 5.29. The summed E-state index contributed by atoms with van der Waals surface area (Å²) in [7, 11) is 4.28. The van der Waals surface area contributed by atoms with Crippen LogP contribution in [0.25, 0.3) is 0 Å². The third kappa shape index (κ3) is 2.63. The molecule has 0 aromatic heterocycles. The maximum absolute atomic E-state index is 12.3. The number of aliphatic hydroxyl groups is 1. The highest BCUT2D eigenvalue weighted by Crippen LogP contribution is 2.39. The fraction of sp³-hybridized carbons (Fsp3) is 0.789. The van der Waals surface area contributed by atoms with Crippen molar-refractivity contribution in [2.24, 2.45) is 4.99 Å². The van der Waals surface area contributed by atoms with Gasteiger partial charge in [-0.05, 0) is 45.7 Å². The number of hydrogen-bond donors (Lipinski definition) is 1. The van der Waals surface area contributed by atoms with E-state index in [9.17, 15) is 9.90 Å². The Balaban J connectivity index is 1.62. The van der Waals surface area contributed by atoms with Crippen LogP contribution >= 0.6 is 0 Å². The van der Waals surface area contributed by atoms with Gasteiger partial charge in [0.15, 0.2) is 0 Å². The van der Waals surface area contributed by atoms with Crippen LogP contribution in [0.3, 0.4) is 0 Å². The Morgan fingerprint density at radius 1 is 1.23 bits per heavy atom. The maximum Gasteiger partial charge on any atom is 0.248 e.